The second-order valence-corrected chi connectivity index (χ2v) is 18.1. The molecule has 1 unspecified atom stereocenters. The van der Waals surface area contributed by atoms with E-state index in [2.05, 4.69) is 5.32 Å². The summed E-state index contributed by atoms with van der Waals surface area (Å²) in [5, 5.41) is 27.5. The molecule has 6 rings (SSSR count). The predicted octanol–water partition coefficient (Wildman–Crippen LogP) is 7.86. The van der Waals surface area contributed by atoms with Gasteiger partial charge >= 0.3 is 18.3 Å². The van der Waals surface area contributed by atoms with Crippen LogP contribution in [0.3, 0.4) is 0 Å². The maximum absolute atomic E-state index is 14.7. The highest BCUT2D eigenvalue weighted by molar-refractivity contribution is 5.85. The van der Waals surface area contributed by atoms with Crippen molar-refractivity contribution < 1.29 is 43.6 Å². The summed E-state index contributed by atoms with van der Waals surface area (Å²) in [6, 6.07) is 39.8. The van der Waals surface area contributed by atoms with Gasteiger partial charge < -0.3 is 40.4 Å². The fraction of sp³-hybridized carbons (Fsp3) is 0.358. The quantitative estimate of drug-likeness (QED) is 0.0601. The zero-order chi connectivity index (χ0) is 47.4. The average Bonchev–Trinajstić information content (AvgIpc) is 3.61. The van der Waals surface area contributed by atoms with Crippen LogP contribution in [0.2, 0.25) is 0 Å². The van der Waals surface area contributed by atoms with E-state index in [0.29, 0.717) is 11.1 Å². The molecule has 0 bridgehead atoms. The third-order valence-corrected chi connectivity index (χ3v) is 11.6. The maximum atomic E-state index is 14.7. The third kappa shape index (κ3) is 13.0. The topological polar surface area (TPSA) is 181 Å². The molecule has 0 radical (unpaired) electrons. The number of carbonyl (C=O) groups is 4. The van der Waals surface area contributed by atoms with Crippen LogP contribution in [-0.2, 0) is 38.5 Å². The minimum absolute atomic E-state index is 0.0247. The Hall–Kier alpha value is -6.70. The molecule has 0 saturated carbocycles. The highest BCUT2D eigenvalue weighted by atomic mass is 16.6. The number of hydrogen-bond donors (Lipinski definition) is 4. The van der Waals surface area contributed by atoms with Gasteiger partial charge in [-0.1, -0.05) is 153 Å². The van der Waals surface area contributed by atoms with Crippen molar-refractivity contribution in [3.8, 4) is 11.1 Å². The van der Waals surface area contributed by atoms with E-state index in [0.717, 1.165) is 27.8 Å². The summed E-state index contributed by atoms with van der Waals surface area (Å²) in [6.07, 6.45) is -5.35. The Balaban J connectivity index is 1.36. The number of nitrogens with zero attached hydrogens (tertiary/aromatic N) is 2. The van der Waals surface area contributed by atoms with Gasteiger partial charge in [0.1, 0.15) is 24.9 Å². The standard InChI is InChI=1S/C53H62N4O9/c1-35(2)48(49(54)60)57(52(63)64-33-38-23-13-8-14-24-38)45(30-37-21-11-7-12-22-37)47(59)32-56(31-46(58)44(29-36-19-9-6-10-20-36)55-50(61)66-53(3,4)5)51(62)65-34-43-41-27-17-15-25-39(41)40-26-16-18-28-42(40)43/h6-28,35,43-48,58-59H,29-34H2,1-5H3,(H2,54,60)(H,55,61)/t44-,45-,46?,47+,48+/m1/s1. The van der Waals surface area contributed by atoms with Crippen LogP contribution < -0.4 is 11.1 Å². The number of amides is 4. The molecule has 66 heavy (non-hydrogen) atoms. The number of aliphatic hydroxyl groups excluding tert-OH is 2. The van der Waals surface area contributed by atoms with E-state index in [1.165, 1.54) is 9.80 Å². The summed E-state index contributed by atoms with van der Waals surface area (Å²) in [7, 11) is 0. The number of ether oxygens (including phenoxy) is 3. The number of nitrogens with two attached hydrogens (primary N) is 1. The molecule has 5 aromatic rings. The molecule has 0 heterocycles. The Labute approximate surface area is 387 Å². The maximum Gasteiger partial charge on any atom is 0.411 e. The molecule has 0 aromatic heterocycles. The van der Waals surface area contributed by atoms with Gasteiger partial charge in [0.15, 0.2) is 0 Å². The van der Waals surface area contributed by atoms with E-state index in [1.54, 1.807) is 46.8 Å². The van der Waals surface area contributed by atoms with Crippen LogP contribution in [0.1, 0.15) is 68.4 Å². The smallest absolute Gasteiger partial charge is 0.411 e. The normalized spacial score (nSPS) is 14.4. The number of rotatable bonds is 19. The van der Waals surface area contributed by atoms with Crippen molar-refractivity contribution in [1.82, 2.24) is 15.1 Å². The zero-order valence-electron chi connectivity index (χ0n) is 38.3. The summed E-state index contributed by atoms with van der Waals surface area (Å²) in [5.41, 5.74) is 11.4. The van der Waals surface area contributed by atoms with Crippen LogP contribution in [0, 0.1) is 5.92 Å². The number of alkyl carbamates (subject to hydrolysis) is 1. The average molecular weight is 899 g/mol. The van der Waals surface area contributed by atoms with Crippen molar-refractivity contribution in [2.24, 2.45) is 11.7 Å². The number of carbonyl (C=O) groups excluding carboxylic acids is 4. The molecule has 5 aromatic carbocycles. The molecule has 13 nitrogen and oxygen atoms in total. The van der Waals surface area contributed by atoms with E-state index < -0.39 is 79.1 Å². The SMILES string of the molecule is CC(C)[C@@H](C(N)=O)N(C(=O)OCc1ccccc1)[C@H](Cc1ccccc1)[C@@H](O)CN(CC(O)[C@@H](Cc1ccccc1)NC(=O)OC(C)(C)C)C(=O)OCC1c2ccccc2-c2ccccc21. The predicted molar refractivity (Wildman–Crippen MR) is 252 cm³/mol. The van der Waals surface area contributed by atoms with Crippen LogP contribution in [0.4, 0.5) is 14.4 Å². The summed E-state index contributed by atoms with van der Waals surface area (Å²) >= 11 is 0. The van der Waals surface area contributed by atoms with Crippen LogP contribution in [0.25, 0.3) is 11.1 Å². The molecule has 1 aliphatic carbocycles. The molecule has 1 aliphatic rings. The lowest BCUT2D eigenvalue weighted by Crippen LogP contribution is -2.61. The van der Waals surface area contributed by atoms with Gasteiger partial charge in [0, 0.05) is 5.92 Å². The molecular weight excluding hydrogens is 837 g/mol. The van der Waals surface area contributed by atoms with Crippen molar-refractivity contribution in [2.45, 2.75) is 95.9 Å². The van der Waals surface area contributed by atoms with E-state index >= 15 is 0 Å². The molecule has 5 N–H and O–H groups in total. The van der Waals surface area contributed by atoms with Crippen molar-refractivity contribution in [2.75, 3.05) is 19.7 Å². The second kappa shape index (κ2) is 22.5. The summed E-state index contributed by atoms with van der Waals surface area (Å²) in [5.74, 6) is -1.64. The molecule has 4 amide bonds. The van der Waals surface area contributed by atoms with E-state index in [1.807, 2.05) is 127 Å². The van der Waals surface area contributed by atoms with Crippen LogP contribution in [0.5, 0.6) is 0 Å². The zero-order valence-corrected chi connectivity index (χ0v) is 38.3. The van der Waals surface area contributed by atoms with Crippen molar-refractivity contribution in [1.29, 1.82) is 0 Å². The van der Waals surface area contributed by atoms with Gasteiger partial charge in [-0.2, -0.15) is 0 Å². The fourth-order valence-electron chi connectivity index (χ4n) is 8.53. The second-order valence-electron chi connectivity index (χ2n) is 18.1. The lowest BCUT2D eigenvalue weighted by molar-refractivity contribution is -0.126. The summed E-state index contributed by atoms with van der Waals surface area (Å²) < 4.78 is 17.6. The number of primary amides is 1. The first-order valence-electron chi connectivity index (χ1n) is 22.4. The van der Waals surface area contributed by atoms with E-state index in [9.17, 15) is 29.4 Å². The fourth-order valence-corrected chi connectivity index (χ4v) is 8.53. The van der Waals surface area contributed by atoms with Gasteiger partial charge in [0.05, 0.1) is 37.4 Å². The first-order valence-corrected chi connectivity index (χ1v) is 22.4. The van der Waals surface area contributed by atoms with Gasteiger partial charge in [-0.25, -0.2) is 14.4 Å². The highest BCUT2D eigenvalue weighted by Crippen LogP contribution is 2.44. The lowest BCUT2D eigenvalue weighted by atomic mass is 9.94. The van der Waals surface area contributed by atoms with Crippen molar-refractivity contribution >= 4 is 24.2 Å². The Kier molecular flexibility index (Phi) is 16.6. The highest BCUT2D eigenvalue weighted by Gasteiger charge is 2.42. The Morgan fingerprint density at radius 2 is 1.14 bits per heavy atom. The summed E-state index contributed by atoms with van der Waals surface area (Å²) in [6.45, 7) is 7.55. The monoisotopic (exact) mass is 898 g/mol. The minimum atomic E-state index is -1.57. The largest absolute Gasteiger partial charge is 0.448 e. The van der Waals surface area contributed by atoms with Crippen LogP contribution in [-0.4, -0.2) is 99.8 Å². The number of aliphatic hydroxyl groups is 2. The Bertz CT molecular complexity index is 2330. The Morgan fingerprint density at radius 1 is 0.652 bits per heavy atom. The number of nitrogens with one attached hydrogen (secondary N) is 1. The molecule has 348 valence electrons. The van der Waals surface area contributed by atoms with Gasteiger partial charge in [-0.3, -0.25) is 9.69 Å². The van der Waals surface area contributed by atoms with E-state index in [4.69, 9.17) is 19.9 Å². The molecule has 0 fully saturated rings. The number of fused-ring (bicyclic) bond motifs is 3. The first-order chi connectivity index (χ1) is 31.6. The molecule has 13 heteroatoms. The Morgan fingerprint density at radius 3 is 1.65 bits per heavy atom. The molecular formula is C53H62N4O9. The third-order valence-electron chi connectivity index (χ3n) is 11.6. The van der Waals surface area contributed by atoms with Crippen molar-refractivity contribution in [3.63, 3.8) is 0 Å². The molecule has 0 spiro atoms. The van der Waals surface area contributed by atoms with Crippen molar-refractivity contribution in [3.05, 3.63) is 167 Å². The van der Waals surface area contributed by atoms with Gasteiger partial charge in [0.2, 0.25) is 5.91 Å². The van der Waals surface area contributed by atoms with Gasteiger partial charge in [-0.05, 0) is 78.5 Å². The number of hydrogen-bond acceptors (Lipinski definition) is 9. The minimum Gasteiger partial charge on any atom is -0.448 e. The van der Waals surface area contributed by atoms with Crippen LogP contribution in [0.15, 0.2) is 140 Å². The van der Waals surface area contributed by atoms with Gasteiger partial charge in [-0.15, -0.1) is 0 Å². The molecule has 0 saturated heterocycles. The summed E-state index contributed by atoms with van der Waals surface area (Å²) in [4.78, 5) is 58.0. The molecule has 0 aliphatic heterocycles. The van der Waals surface area contributed by atoms with Gasteiger partial charge in [0.25, 0.3) is 0 Å². The van der Waals surface area contributed by atoms with Crippen LogP contribution >= 0.6 is 0 Å². The number of benzene rings is 5. The van der Waals surface area contributed by atoms with E-state index in [-0.39, 0.29) is 32.0 Å². The first kappa shape index (κ1) is 48.7. The lowest BCUT2D eigenvalue weighted by Gasteiger charge is -2.41. The molecule has 5 atom stereocenters.